The summed E-state index contributed by atoms with van der Waals surface area (Å²) in [6, 6.07) is 16.5. The fourth-order valence-corrected chi connectivity index (χ4v) is 5.64. The lowest BCUT2D eigenvalue weighted by molar-refractivity contribution is -0.139. The second-order valence-electron chi connectivity index (χ2n) is 8.89. The highest BCUT2D eigenvalue weighted by molar-refractivity contribution is 7.92. The van der Waals surface area contributed by atoms with Gasteiger partial charge in [-0.1, -0.05) is 23.7 Å². The van der Waals surface area contributed by atoms with Crippen LogP contribution in [0, 0.1) is 0 Å². The van der Waals surface area contributed by atoms with Gasteiger partial charge in [0.15, 0.2) is 11.5 Å². The monoisotopic (exact) mass is 603 g/mol. The van der Waals surface area contributed by atoms with Gasteiger partial charge in [0.25, 0.3) is 10.0 Å². The van der Waals surface area contributed by atoms with E-state index in [1.807, 2.05) is 6.92 Å². The second kappa shape index (κ2) is 14.1. The van der Waals surface area contributed by atoms with Crippen LogP contribution in [0.3, 0.4) is 0 Å². The Morgan fingerprint density at radius 3 is 2.15 bits per heavy atom. The van der Waals surface area contributed by atoms with Gasteiger partial charge in [-0.15, -0.1) is 0 Å². The summed E-state index contributed by atoms with van der Waals surface area (Å²) < 4.78 is 45.2. The van der Waals surface area contributed by atoms with E-state index in [1.165, 1.54) is 44.4 Å². The third kappa shape index (κ3) is 7.62. The van der Waals surface area contributed by atoms with Gasteiger partial charge in [0.2, 0.25) is 11.8 Å². The zero-order valence-corrected chi connectivity index (χ0v) is 25.2. The SMILES string of the molecule is CCOc1ccc(N(CC(=O)N(Cc2ccc(Cl)cc2)[C@@H](C)C(=O)NC)S(=O)(=O)c2ccc(OC)c(OC)c2)cc1. The average molecular weight is 604 g/mol. The van der Waals surface area contributed by atoms with Crippen LogP contribution in [0.4, 0.5) is 5.69 Å². The van der Waals surface area contributed by atoms with Gasteiger partial charge in [0.05, 0.1) is 31.4 Å². The minimum atomic E-state index is -4.30. The second-order valence-corrected chi connectivity index (χ2v) is 11.2. The normalized spacial score (nSPS) is 11.8. The van der Waals surface area contributed by atoms with E-state index in [0.717, 1.165) is 4.31 Å². The van der Waals surface area contributed by atoms with Gasteiger partial charge in [-0.05, 0) is 67.9 Å². The molecule has 10 nitrogen and oxygen atoms in total. The largest absolute Gasteiger partial charge is 0.494 e. The minimum Gasteiger partial charge on any atom is -0.494 e. The molecule has 0 bridgehead atoms. The zero-order chi connectivity index (χ0) is 30.2. The maximum atomic E-state index is 14.1. The Kier molecular flexibility index (Phi) is 10.8. The molecule has 220 valence electrons. The summed E-state index contributed by atoms with van der Waals surface area (Å²) in [6.45, 7) is 3.32. The molecule has 0 fully saturated rings. The lowest BCUT2D eigenvalue weighted by Gasteiger charge is -2.32. The number of ether oxygens (including phenoxy) is 3. The van der Waals surface area contributed by atoms with Crippen LogP contribution in [0.25, 0.3) is 0 Å². The topological polar surface area (TPSA) is 114 Å². The van der Waals surface area contributed by atoms with E-state index < -0.39 is 34.4 Å². The van der Waals surface area contributed by atoms with Gasteiger partial charge in [0.1, 0.15) is 18.3 Å². The van der Waals surface area contributed by atoms with Crippen molar-refractivity contribution in [3.63, 3.8) is 0 Å². The fourth-order valence-electron chi connectivity index (χ4n) is 4.09. The highest BCUT2D eigenvalue weighted by Gasteiger charge is 2.33. The molecule has 0 aliphatic carbocycles. The molecular formula is C29H34ClN3O7S. The Bertz CT molecular complexity index is 1450. The quantitative estimate of drug-likeness (QED) is 0.313. The number of hydrogen-bond donors (Lipinski definition) is 1. The van der Waals surface area contributed by atoms with Crippen molar-refractivity contribution in [3.05, 3.63) is 77.3 Å². The van der Waals surface area contributed by atoms with Crippen LogP contribution in [-0.4, -0.2) is 65.6 Å². The van der Waals surface area contributed by atoms with E-state index in [0.29, 0.717) is 28.7 Å². The van der Waals surface area contributed by atoms with E-state index >= 15 is 0 Å². The van der Waals surface area contributed by atoms with Crippen LogP contribution < -0.4 is 23.8 Å². The van der Waals surface area contributed by atoms with Gasteiger partial charge in [0, 0.05) is 24.7 Å². The number of amides is 2. The Morgan fingerprint density at radius 2 is 1.59 bits per heavy atom. The summed E-state index contributed by atoms with van der Waals surface area (Å²) in [4.78, 5) is 27.7. The number of benzene rings is 3. The van der Waals surface area contributed by atoms with Gasteiger partial charge < -0.3 is 24.4 Å². The van der Waals surface area contributed by atoms with Gasteiger partial charge in [-0.3, -0.25) is 13.9 Å². The Hall–Kier alpha value is -3.96. The van der Waals surface area contributed by atoms with Crippen molar-refractivity contribution in [2.75, 3.05) is 38.7 Å². The first-order chi connectivity index (χ1) is 19.5. The molecular weight excluding hydrogens is 570 g/mol. The molecule has 0 heterocycles. The van der Waals surface area contributed by atoms with Crippen molar-refractivity contribution in [1.82, 2.24) is 10.2 Å². The lowest BCUT2D eigenvalue weighted by atomic mass is 10.1. The molecule has 12 heteroatoms. The van der Waals surface area contributed by atoms with Crippen LogP contribution >= 0.6 is 11.6 Å². The molecule has 0 unspecified atom stereocenters. The van der Waals surface area contributed by atoms with Crippen LogP contribution in [0.5, 0.6) is 17.2 Å². The number of anilines is 1. The first-order valence-electron chi connectivity index (χ1n) is 12.8. The highest BCUT2D eigenvalue weighted by atomic mass is 35.5. The predicted molar refractivity (Wildman–Crippen MR) is 157 cm³/mol. The fraction of sp³-hybridized carbons (Fsp3) is 0.310. The maximum absolute atomic E-state index is 14.1. The summed E-state index contributed by atoms with van der Waals surface area (Å²) in [5, 5.41) is 3.07. The summed E-state index contributed by atoms with van der Waals surface area (Å²) in [5.74, 6) is 0.119. The number of carbonyl (C=O) groups excluding carboxylic acids is 2. The lowest BCUT2D eigenvalue weighted by Crippen LogP contribution is -2.50. The molecule has 0 aromatic heterocycles. The molecule has 0 aliphatic rings. The van der Waals surface area contributed by atoms with Gasteiger partial charge in [-0.2, -0.15) is 0 Å². The predicted octanol–water partition coefficient (Wildman–Crippen LogP) is 4.11. The average Bonchev–Trinajstić information content (AvgIpc) is 2.98. The molecule has 0 radical (unpaired) electrons. The van der Waals surface area contributed by atoms with Crippen molar-refractivity contribution in [1.29, 1.82) is 0 Å². The first-order valence-corrected chi connectivity index (χ1v) is 14.6. The number of halogens is 1. The summed E-state index contributed by atoms with van der Waals surface area (Å²) in [6.07, 6.45) is 0. The van der Waals surface area contributed by atoms with Crippen molar-refractivity contribution >= 4 is 39.1 Å². The first kappa shape index (κ1) is 31.6. The molecule has 3 aromatic carbocycles. The number of sulfonamides is 1. The molecule has 2 amide bonds. The Morgan fingerprint density at radius 1 is 0.951 bits per heavy atom. The van der Waals surface area contributed by atoms with Crippen LogP contribution in [0.15, 0.2) is 71.6 Å². The van der Waals surface area contributed by atoms with Crippen LogP contribution in [0.2, 0.25) is 5.02 Å². The highest BCUT2D eigenvalue weighted by Crippen LogP contribution is 2.33. The van der Waals surface area contributed by atoms with Crippen molar-refractivity contribution in [3.8, 4) is 17.2 Å². The third-order valence-electron chi connectivity index (χ3n) is 6.34. The minimum absolute atomic E-state index is 0.0537. The molecule has 3 rings (SSSR count). The zero-order valence-electron chi connectivity index (χ0n) is 23.6. The summed E-state index contributed by atoms with van der Waals surface area (Å²) in [5.41, 5.74) is 0.949. The van der Waals surface area contributed by atoms with Crippen molar-refractivity contribution in [2.45, 2.75) is 31.3 Å². The van der Waals surface area contributed by atoms with Crippen molar-refractivity contribution in [2.24, 2.45) is 0 Å². The Balaban J connectivity index is 2.07. The number of rotatable bonds is 13. The standard InChI is InChI=1S/C29H34ClN3O7S/c1-6-40-24-13-11-23(12-14-24)33(41(36,37)25-15-16-26(38-4)27(17-25)39-5)19-28(34)32(20(2)29(35)31-3)18-21-7-9-22(30)10-8-21/h7-17,20H,6,18-19H2,1-5H3,(H,31,35)/t20-/m0/s1. The van der Waals surface area contributed by atoms with Gasteiger partial charge >= 0.3 is 0 Å². The smallest absolute Gasteiger partial charge is 0.264 e. The maximum Gasteiger partial charge on any atom is 0.264 e. The Labute approximate surface area is 245 Å². The molecule has 1 N–H and O–H groups in total. The number of likely N-dealkylation sites (N-methyl/N-ethyl adjacent to an activating group) is 1. The third-order valence-corrected chi connectivity index (χ3v) is 8.36. The number of nitrogens with one attached hydrogen (secondary N) is 1. The molecule has 1 atom stereocenters. The molecule has 0 aliphatic heterocycles. The number of nitrogens with zero attached hydrogens (tertiary/aromatic N) is 2. The van der Waals surface area contributed by atoms with Gasteiger partial charge in [-0.25, -0.2) is 8.42 Å². The van der Waals surface area contributed by atoms with E-state index in [1.54, 1.807) is 55.5 Å². The van der Waals surface area contributed by atoms with E-state index in [-0.39, 0.29) is 22.9 Å². The van der Waals surface area contributed by atoms with E-state index in [2.05, 4.69) is 5.32 Å². The van der Waals surface area contributed by atoms with E-state index in [4.69, 9.17) is 25.8 Å². The molecule has 3 aromatic rings. The number of carbonyl (C=O) groups is 2. The van der Waals surface area contributed by atoms with Crippen molar-refractivity contribution < 1.29 is 32.2 Å². The van der Waals surface area contributed by atoms with Crippen LogP contribution in [-0.2, 0) is 26.2 Å². The summed E-state index contributed by atoms with van der Waals surface area (Å²) >= 11 is 6.02. The molecule has 0 saturated heterocycles. The molecule has 0 spiro atoms. The number of hydrogen-bond acceptors (Lipinski definition) is 7. The molecule has 41 heavy (non-hydrogen) atoms. The van der Waals surface area contributed by atoms with Crippen LogP contribution in [0.1, 0.15) is 19.4 Å². The van der Waals surface area contributed by atoms with E-state index in [9.17, 15) is 18.0 Å². The summed E-state index contributed by atoms with van der Waals surface area (Å²) in [7, 11) is 0.00971. The number of methoxy groups -OCH3 is 2. The molecule has 0 saturated carbocycles.